The summed E-state index contributed by atoms with van der Waals surface area (Å²) in [7, 11) is 0. The Bertz CT molecular complexity index is 198. The van der Waals surface area contributed by atoms with Crippen LogP contribution in [-0.4, -0.2) is 33.4 Å². The first kappa shape index (κ1) is 42.7. The summed E-state index contributed by atoms with van der Waals surface area (Å²) < 4.78 is 0. The van der Waals surface area contributed by atoms with Crippen LogP contribution in [0.3, 0.4) is 0 Å². The summed E-state index contributed by atoms with van der Waals surface area (Å²) in [6, 6.07) is 0. The maximum atomic E-state index is 8.25. The van der Waals surface area contributed by atoms with Crippen LogP contribution in [0.4, 0.5) is 0 Å². The van der Waals surface area contributed by atoms with E-state index in [1.165, 1.54) is 0 Å². The molecule has 138 valence electrons. The number of hydrogen-bond acceptors (Lipinski definition) is 14. The van der Waals surface area contributed by atoms with Crippen LogP contribution in [0, 0.1) is 61.3 Å². The van der Waals surface area contributed by atoms with Crippen LogP contribution in [0.2, 0.25) is 0 Å². The molecule has 0 unspecified atom stereocenters. The predicted octanol–water partition coefficient (Wildman–Crippen LogP) is -2.06. The molecule has 0 radical (unpaired) electrons. The first-order valence-electron chi connectivity index (χ1n) is 3.51. The summed E-state index contributed by atoms with van der Waals surface area (Å²) in [6.45, 7) is 1.19. The fourth-order valence-corrected chi connectivity index (χ4v) is 0. The van der Waals surface area contributed by atoms with Crippen LogP contribution in [0.25, 0.3) is 0 Å². The molecular formula is C2H8N6O12Pt2. The quantitative estimate of drug-likeness (QED) is 0.220. The maximum absolute atomic E-state index is 8.25. The van der Waals surface area contributed by atoms with E-state index in [1.807, 2.05) is 0 Å². The molecule has 0 saturated heterocycles. The van der Waals surface area contributed by atoms with Gasteiger partial charge in [-0.3, -0.25) is 0 Å². The van der Waals surface area contributed by atoms with Gasteiger partial charge in [-0.05, 0) is 0 Å². The Morgan fingerprint density at radius 2 is 0.545 bits per heavy atom. The number of rotatable bonds is 1. The normalized spacial score (nSPS) is 5.73. The second-order valence-corrected chi connectivity index (χ2v) is 1.47. The minimum absolute atomic E-state index is 0. The van der Waals surface area contributed by atoms with Gasteiger partial charge in [0.25, 0.3) is 0 Å². The number of hydrogen-bond donors (Lipinski definition) is 2. The minimum atomic E-state index is -1.75. The van der Waals surface area contributed by atoms with Crippen LogP contribution in [0.5, 0.6) is 0 Å². The predicted molar refractivity (Wildman–Crippen MR) is 59.6 cm³/mol. The third-order valence-corrected chi connectivity index (χ3v) is 0.167. The van der Waals surface area contributed by atoms with Gasteiger partial charge in [0.2, 0.25) is 0 Å². The second-order valence-electron chi connectivity index (χ2n) is 1.47. The maximum Gasteiger partial charge on any atom is 2.00 e. The van der Waals surface area contributed by atoms with Gasteiger partial charge in [0.15, 0.2) is 0 Å². The van der Waals surface area contributed by atoms with Gasteiger partial charge in [-0.25, -0.2) is 0 Å². The molecule has 0 aliphatic rings. The average molecular weight is 698 g/mol. The zero-order chi connectivity index (χ0) is 17.7. The van der Waals surface area contributed by atoms with Crippen LogP contribution < -0.4 is 11.5 Å². The minimum Gasteiger partial charge on any atom is -0.356 e. The summed E-state index contributed by atoms with van der Waals surface area (Å²) in [5, 5.41) is 59.0. The zero-order valence-corrected chi connectivity index (χ0v) is 14.4. The van der Waals surface area contributed by atoms with Crippen molar-refractivity contribution in [1.29, 1.82) is 0 Å². The summed E-state index contributed by atoms with van der Waals surface area (Å²) in [6.07, 6.45) is 0. The molecule has 0 bridgehead atoms. The smallest absolute Gasteiger partial charge is 0.356 e. The first-order valence-corrected chi connectivity index (χ1v) is 3.51. The fraction of sp³-hybridized carbons (Fsp3) is 1.00. The molecule has 20 heteroatoms. The molecule has 0 fully saturated rings. The molecule has 0 saturated carbocycles. The topological polar surface area (TPSA) is 317 Å². The molecule has 4 N–H and O–H groups in total. The Balaban J connectivity index is -0.0000000250. The summed E-state index contributed by atoms with van der Waals surface area (Å²) in [5.41, 5.74) is 9.81. The molecule has 0 heterocycles. The van der Waals surface area contributed by atoms with Crippen LogP contribution in [0.15, 0.2) is 0 Å². The fourth-order valence-electron chi connectivity index (χ4n) is 0. The zero-order valence-electron chi connectivity index (χ0n) is 9.89. The van der Waals surface area contributed by atoms with Crippen LogP contribution >= 0.6 is 0 Å². The van der Waals surface area contributed by atoms with Gasteiger partial charge in [0, 0.05) is 13.1 Å². The molecule has 0 amide bonds. The van der Waals surface area contributed by atoms with Crippen molar-refractivity contribution in [2.45, 2.75) is 0 Å². The van der Waals surface area contributed by atoms with E-state index in [9.17, 15) is 0 Å². The third kappa shape index (κ3) is 6480. The first-order chi connectivity index (χ1) is 8.84. The Morgan fingerprint density at radius 1 is 0.500 bits per heavy atom. The number of nitrogens with zero attached hydrogens (tertiary/aromatic N) is 4. The second kappa shape index (κ2) is 42.7. The molecule has 0 spiro atoms. The monoisotopic (exact) mass is 698 g/mol. The molecule has 18 nitrogen and oxygen atoms in total. The van der Waals surface area contributed by atoms with E-state index in [4.69, 9.17) is 72.8 Å². The van der Waals surface area contributed by atoms with Gasteiger partial charge in [-0.1, -0.05) is 0 Å². The van der Waals surface area contributed by atoms with Gasteiger partial charge in [-0.15, -0.1) is 0 Å². The van der Waals surface area contributed by atoms with E-state index in [-0.39, 0.29) is 42.1 Å². The van der Waals surface area contributed by atoms with Crippen molar-refractivity contribution in [3.8, 4) is 0 Å². The van der Waals surface area contributed by atoms with Gasteiger partial charge in [0.1, 0.15) is 0 Å². The molecule has 0 atom stereocenters. The summed E-state index contributed by atoms with van der Waals surface area (Å²) in [5.74, 6) is 0. The third-order valence-electron chi connectivity index (χ3n) is 0.167. The van der Waals surface area contributed by atoms with E-state index >= 15 is 0 Å². The van der Waals surface area contributed by atoms with Crippen molar-refractivity contribution in [3.63, 3.8) is 0 Å². The van der Waals surface area contributed by atoms with E-state index < -0.39 is 20.3 Å². The molecule has 0 aliphatic carbocycles. The van der Waals surface area contributed by atoms with Crippen molar-refractivity contribution in [2.75, 3.05) is 13.1 Å². The Hall–Kier alpha value is -1.90. The van der Waals surface area contributed by atoms with Crippen LogP contribution in [-0.2, 0) is 42.1 Å². The van der Waals surface area contributed by atoms with Gasteiger partial charge < -0.3 is 72.8 Å². The molecule has 0 aliphatic heterocycles. The van der Waals surface area contributed by atoms with Crippen molar-refractivity contribution in [2.24, 2.45) is 11.5 Å². The van der Waals surface area contributed by atoms with E-state index in [1.54, 1.807) is 0 Å². The van der Waals surface area contributed by atoms with Gasteiger partial charge >= 0.3 is 42.1 Å². The summed E-state index contributed by atoms with van der Waals surface area (Å²) >= 11 is 0. The van der Waals surface area contributed by atoms with Gasteiger partial charge in [0.05, 0.1) is 20.3 Å². The molecular weight excluding hydrogens is 690 g/mol. The Morgan fingerprint density at radius 3 is 0.545 bits per heavy atom. The van der Waals surface area contributed by atoms with Crippen molar-refractivity contribution >= 4 is 0 Å². The Kier molecular flexibility index (Phi) is 83.0. The standard InChI is InChI=1S/C2H8N2.4NO3.2Pt/c3-1-2-4;4*2-1(3)4;;/h1-4H2;;;;;;/q;4*-1;2*+2. The van der Waals surface area contributed by atoms with E-state index in [0.29, 0.717) is 13.1 Å². The van der Waals surface area contributed by atoms with E-state index in [0.717, 1.165) is 0 Å². The molecule has 0 aromatic rings. The van der Waals surface area contributed by atoms with Crippen LogP contribution in [0.1, 0.15) is 0 Å². The summed E-state index contributed by atoms with van der Waals surface area (Å²) in [4.78, 5) is 33.0. The Labute approximate surface area is 148 Å². The molecule has 22 heavy (non-hydrogen) atoms. The van der Waals surface area contributed by atoms with Gasteiger partial charge in [-0.2, -0.15) is 0 Å². The van der Waals surface area contributed by atoms with Crippen molar-refractivity contribution in [1.82, 2.24) is 0 Å². The largest absolute Gasteiger partial charge is 2.00 e. The number of nitrogens with two attached hydrogens (primary N) is 2. The SMILES string of the molecule is NCCN.O=[N+]([O-])[O-].O=[N+]([O-])[O-].O=[N+]([O-])[O-].O=[N+]([O-])[O-].[Pt+2].[Pt+2]. The van der Waals surface area contributed by atoms with Crippen molar-refractivity contribution in [3.05, 3.63) is 61.3 Å². The molecule has 0 rings (SSSR count). The van der Waals surface area contributed by atoms with E-state index in [2.05, 4.69) is 0 Å². The molecule has 0 aromatic carbocycles. The van der Waals surface area contributed by atoms with Crippen molar-refractivity contribution < 1.29 is 62.5 Å². The molecule has 0 aromatic heterocycles. The average Bonchev–Trinajstić information content (AvgIpc) is 2.13.